The van der Waals surface area contributed by atoms with Gasteiger partial charge in [-0.3, -0.25) is 9.59 Å². The monoisotopic (exact) mass is 353 g/mol. The van der Waals surface area contributed by atoms with Crippen LogP contribution in [0.1, 0.15) is 12.7 Å². The number of ether oxygens (including phenoxy) is 1. The maximum atomic E-state index is 12.1. The van der Waals surface area contributed by atoms with Gasteiger partial charge >= 0.3 is 0 Å². The fraction of sp³-hybridized carbons (Fsp3) is 0.211. The average Bonchev–Trinajstić information content (AvgIpc) is 3.16. The minimum absolute atomic E-state index is 0.162. The standard InChI is InChI=1S/C19H19N3O4/c1-2-25-15-7-5-14(6-8-15)17-9-10-19(24)22(21-17)13-18(23)20-12-16-4-3-11-26-16/h3-11H,2,12-13H2,1H3,(H,20,23). The third-order valence-corrected chi connectivity index (χ3v) is 3.66. The van der Waals surface area contributed by atoms with Gasteiger partial charge in [0.25, 0.3) is 5.56 Å². The SMILES string of the molecule is CCOc1ccc(-c2ccc(=O)n(CC(=O)NCc3ccco3)n2)cc1. The highest BCUT2D eigenvalue weighted by Crippen LogP contribution is 2.19. The summed E-state index contributed by atoms with van der Waals surface area (Å²) in [5.41, 5.74) is 1.09. The first-order valence-electron chi connectivity index (χ1n) is 8.26. The van der Waals surface area contributed by atoms with Crippen LogP contribution >= 0.6 is 0 Å². The summed E-state index contributed by atoms with van der Waals surface area (Å²) in [6.45, 7) is 2.61. The molecule has 0 saturated heterocycles. The maximum absolute atomic E-state index is 12.1. The molecule has 0 spiro atoms. The zero-order valence-corrected chi connectivity index (χ0v) is 14.3. The Labute approximate surface area is 150 Å². The molecule has 3 rings (SSSR count). The van der Waals surface area contributed by atoms with Crippen LogP contribution in [0.3, 0.4) is 0 Å². The van der Waals surface area contributed by atoms with Gasteiger partial charge in [-0.2, -0.15) is 5.10 Å². The lowest BCUT2D eigenvalue weighted by molar-refractivity contribution is -0.122. The molecule has 7 heteroatoms. The molecule has 0 atom stereocenters. The van der Waals surface area contributed by atoms with Crippen molar-refractivity contribution in [3.8, 4) is 17.0 Å². The molecule has 0 radical (unpaired) electrons. The first-order valence-corrected chi connectivity index (χ1v) is 8.26. The summed E-state index contributed by atoms with van der Waals surface area (Å²) in [7, 11) is 0. The van der Waals surface area contributed by atoms with Crippen molar-refractivity contribution < 1.29 is 13.9 Å². The first-order chi connectivity index (χ1) is 12.7. The Morgan fingerprint density at radius 3 is 2.69 bits per heavy atom. The molecular formula is C19H19N3O4. The summed E-state index contributed by atoms with van der Waals surface area (Å²) in [6, 6.07) is 13.9. The van der Waals surface area contributed by atoms with Crippen molar-refractivity contribution in [2.75, 3.05) is 6.61 Å². The van der Waals surface area contributed by atoms with E-state index in [1.807, 2.05) is 31.2 Å². The van der Waals surface area contributed by atoms with Gasteiger partial charge in [0.05, 0.1) is 25.1 Å². The maximum Gasteiger partial charge on any atom is 0.267 e. The van der Waals surface area contributed by atoms with Gasteiger partial charge in [-0.15, -0.1) is 0 Å². The fourth-order valence-electron chi connectivity index (χ4n) is 2.40. The summed E-state index contributed by atoms with van der Waals surface area (Å²) < 4.78 is 11.7. The molecule has 0 bridgehead atoms. The van der Waals surface area contributed by atoms with E-state index in [0.29, 0.717) is 18.1 Å². The molecule has 0 fully saturated rings. The normalized spacial score (nSPS) is 10.5. The number of carbonyl (C=O) groups is 1. The predicted octanol–water partition coefficient (Wildman–Crippen LogP) is 2.22. The first kappa shape index (κ1) is 17.5. The lowest BCUT2D eigenvalue weighted by atomic mass is 10.1. The molecule has 2 aromatic heterocycles. The van der Waals surface area contributed by atoms with Gasteiger partial charge < -0.3 is 14.5 Å². The second-order valence-electron chi connectivity index (χ2n) is 5.53. The molecule has 0 saturated carbocycles. The van der Waals surface area contributed by atoms with E-state index in [-0.39, 0.29) is 24.6 Å². The van der Waals surface area contributed by atoms with Gasteiger partial charge in [0.1, 0.15) is 18.1 Å². The van der Waals surface area contributed by atoms with E-state index in [0.717, 1.165) is 16.0 Å². The Bertz CT molecular complexity index is 915. The van der Waals surface area contributed by atoms with Gasteiger partial charge in [-0.1, -0.05) is 0 Å². The second-order valence-corrected chi connectivity index (χ2v) is 5.53. The van der Waals surface area contributed by atoms with Crippen LogP contribution in [-0.2, 0) is 17.9 Å². The van der Waals surface area contributed by atoms with Crippen molar-refractivity contribution in [2.45, 2.75) is 20.0 Å². The highest BCUT2D eigenvalue weighted by molar-refractivity contribution is 5.75. The molecule has 1 amide bonds. The molecule has 1 aromatic carbocycles. The number of hydrogen-bond donors (Lipinski definition) is 1. The number of amides is 1. The molecule has 2 heterocycles. The van der Waals surface area contributed by atoms with Gasteiger partial charge in [-0.05, 0) is 49.4 Å². The number of nitrogens with one attached hydrogen (secondary N) is 1. The molecule has 0 aliphatic heterocycles. The number of benzene rings is 1. The van der Waals surface area contributed by atoms with E-state index in [9.17, 15) is 9.59 Å². The van der Waals surface area contributed by atoms with E-state index in [2.05, 4.69) is 10.4 Å². The summed E-state index contributed by atoms with van der Waals surface area (Å²) in [4.78, 5) is 24.0. The number of furan rings is 1. The van der Waals surface area contributed by atoms with Gasteiger partial charge in [0.15, 0.2) is 0 Å². The number of carbonyl (C=O) groups excluding carboxylic acids is 1. The van der Waals surface area contributed by atoms with Crippen molar-refractivity contribution in [1.29, 1.82) is 0 Å². The van der Waals surface area contributed by atoms with Gasteiger partial charge in [0.2, 0.25) is 5.91 Å². The van der Waals surface area contributed by atoms with Crippen LogP contribution in [0.15, 0.2) is 64.0 Å². The van der Waals surface area contributed by atoms with Crippen LogP contribution in [-0.4, -0.2) is 22.3 Å². The van der Waals surface area contributed by atoms with Crippen LogP contribution < -0.4 is 15.6 Å². The van der Waals surface area contributed by atoms with Crippen molar-refractivity contribution in [3.63, 3.8) is 0 Å². The van der Waals surface area contributed by atoms with Crippen molar-refractivity contribution in [2.24, 2.45) is 0 Å². The summed E-state index contributed by atoms with van der Waals surface area (Å²) in [5, 5.41) is 6.97. The Morgan fingerprint density at radius 2 is 2.00 bits per heavy atom. The zero-order chi connectivity index (χ0) is 18.4. The van der Waals surface area contributed by atoms with E-state index in [1.165, 1.54) is 12.3 Å². The van der Waals surface area contributed by atoms with Crippen LogP contribution in [0.5, 0.6) is 5.75 Å². The van der Waals surface area contributed by atoms with E-state index >= 15 is 0 Å². The topological polar surface area (TPSA) is 86.4 Å². The number of aromatic nitrogens is 2. The van der Waals surface area contributed by atoms with E-state index in [4.69, 9.17) is 9.15 Å². The Morgan fingerprint density at radius 1 is 1.19 bits per heavy atom. The molecule has 0 aliphatic carbocycles. The van der Waals surface area contributed by atoms with Crippen molar-refractivity contribution in [3.05, 3.63) is 70.9 Å². The van der Waals surface area contributed by atoms with Crippen LogP contribution in [0.4, 0.5) is 0 Å². The molecule has 0 aliphatic rings. The number of hydrogen-bond acceptors (Lipinski definition) is 5. The highest BCUT2D eigenvalue weighted by atomic mass is 16.5. The fourth-order valence-corrected chi connectivity index (χ4v) is 2.40. The quantitative estimate of drug-likeness (QED) is 0.704. The summed E-state index contributed by atoms with van der Waals surface area (Å²) in [6.07, 6.45) is 1.54. The minimum Gasteiger partial charge on any atom is -0.494 e. The second kappa shape index (κ2) is 8.15. The molecule has 1 N–H and O–H groups in total. The third-order valence-electron chi connectivity index (χ3n) is 3.66. The highest BCUT2D eigenvalue weighted by Gasteiger charge is 2.09. The predicted molar refractivity (Wildman–Crippen MR) is 95.7 cm³/mol. The van der Waals surface area contributed by atoms with Gasteiger partial charge in [-0.25, -0.2) is 4.68 Å². The van der Waals surface area contributed by atoms with Crippen LogP contribution in [0, 0.1) is 0 Å². The minimum atomic E-state index is -0.340. The molecule has 3 aromatic rings. The smallest absolute Gasteiger partial charge is 0.267 e. The Kier molecular flexibility index (Phi) is 5.48. The molecule has 7 nitrogen and oxygen atoms in total. The molecule has 26 heavy (non-hydrogen) atoms. The van der Waals surface area contributed by atoms with Crippen LogP contribution in [0.25, 0.3) is 11.3 Å². The van der Waals surface area contributed by atoms with E-state index < -0.39 is 0 Å². The molecular weight excluding hydrogens is 334 g/mol. The van der Waals surface area contributed by atoms with Crippen molar-refractivity contribution in [1.82, 2.24) is 15.1 Å². The molecule has 0 unspecified atom stereocenters. The van der Waals surface area contributed by atoms with Crippen molar-refractivity contribution >= 4 is 5.91 Å². The third kappa shape index (κ3) is 4.38. The average molecular weight is 353 g/mol. The zero-order valence-electron chi connectivity index (χ0n) is 14.3. The lowest BCUT2D eigenvalue weighted by Gasteiger charge is -2.08. The lowest BCUT2D eigenvalue weighted by Crippen LogP contribution is -2.33. The van der Waals surface area contributed by atoms with E-state index in [1.54, 1.807) is 18.2 Å². The summed E-state index contributed by atoms with van der Waals surface area (Å²) >= 11 is 0. The Hall–Kier alpha value is -3.35. The largest absolute Gasteiger partial charge is 0.494 e. The summed E-state index contributed by atoms with van der Waals surface area (Å²) in [5.74, 6) is 1.09. The van der Waals surface area contributed by atoms with Gasteiger partial charge in [0, 0.05) is 11.6 Å². The number of nitrogens with zero attached hydrogens (tertiary/aromatic N) is 2. The molecule has 134 valence electrons. The number of rotatable bonds is 7. The Balaban J connectivity index is 1.70. The van der Waals surface area contributed by atoms with Crippen LogP contribution in [0.2, 0.25) is 0 Å².